The average molecular weight is 364 g/mol. The smallest absolute Gasteiger partial charge is 0.255 e. The Balaban J connectivity index is 1.33. The van der Waals surface area contributed by atoms with E-state index in [1.165, 1.54) is 0 Å². The van der Waals surface area contributed by atoms with E-state index in [0.29, 0.717) is 5.56 Å². The molecule has 1 saturated heterocycles. The number of aromatic nitrogens is 2. The number of rotatable bonds is 4. The van der Waals surface area contributed by atoms with Crippen molar-refractivity contribution in [2.24, 2.45) is 0 Å². The van der Waals surface area contributed by atoms with Crippen molar-refractivity contribution in [1.29, 1.82) is 0 Å². The van der Waals surface area contributed by atoms with Crippen LogP contribution in [0, 0.1) is 0 Å². The first-order chi connectivity index (χ1) is 12.8. The molecule has 132 valence electrons. The lowest BCUT2D eigenvalue weighted by atomic mass is 10.2. The zero-order chi connectivity index (χ0) is 17.8. The Bertz CT molecular complexity index is 858. The number of pyridine rings is 1. The standard InChI is InChI=1S/C20H20N4OS/c25-20(17-7-4-8-21-13-17)24-11-9-23(10-12-24)14-18-15-26-19(22-18)16-5-2-1-3-6-16/h1-8,13,15H,9-12,14H2. The van der Waals surface area contributed by atoms with Crippen LogP contribution in [-0.4, -0.2) is 51.9 Å². The fraction of sp³-hybridized carbons (Fsp3) is 0.250. The van der Waals surface area contributed by atoms with Crippen molar-refractivity contribution in [2.45, 2.75) is 6.54 Å². The maximum atomic E-state index is 12.5. The van der Waals surface area contributed by atoms with Crippen LogP contribution in [0.4, 0.5) is 0 Å². The Morgan fingerprint density at radius 2 is 1.85 bits per heavy atom. The highest BCUT2D eigenvalue weighted by atomic mass is 32.1. The van der Waals surface area contributed by atoms with E-state index in [2.05, 4.69) is 27.4 Å². The molecule has 0 spiro atoms. The molecular formula is C20H20N4OS. The molecule has 1 aromatic carbocycles. The maximum Gasteiger partial charge on any atom is 0.255 e. The highest BCUT2D eigenvalue weighted by Crippen LogP contribution is 2.24. The minimum absolute atomic E-state index is 0.0674. The van der Waals surface area contributed by atoms with E-state index in [-0.39, 0.29) is 5.91 Å². The van der Waals surface area contributed by atoms with Gasteiger partial charge in [0.05, 0.1) is 11.3 Å². The molecule has 3 heterocycles. The number of hydrogen-bond donors (Lipinski definition) is 0. The number of piperazine rings is 1. The molecule has 26 heavy (non-hydrogen) atoms. The summed E-state index contributed by atoms with van der Waals surface area (Å²) in [7, 11) is 0. The summed E-state index contributed by atoms with van der Waals surface area (Å²) in [6.45, 7) is 4.04. The first-order valence-corrected chi connectivity index (χ1v) is 9.59. The molecule has 0 radical (unpaired) electrons. The molecular weight excluding hydrogens is 344 g/mol. The van der Waals surface area contributed by atoms with Crippen LogP contribution in [0.1, 0.15) is 16.1 Å². The molecule has 0 N–H and O–H groups in total. The molecule has 4 rings (SSSR count). The lowest BCUT2D eigenvalue weighted by Crippen LogP contribution is -2.48. The number of benzene rings is 1. The lowest BCUT2D eigenvalue weighted by molar-refractivity contribution is 0.0627. The van der Waals surface area contributed by atoms with E-state index in [1.807, 2.05) is 29.2 Å². The summed E-state index contributed by atoms with van der Waals surface area (Å²) >= 11 is 1.68. The Morgan fingerprint density at radius 1 is 1.04 bits per heavy atom. The fourth-order valence-corrected chi connectivity index (χ4v) is 3.92. The SMILES string of the molecule is O=C(c1cccnc1)N1CCN(Cc2csc(-c3ccccc3)n2)CC1. The minimum atomic E-state index is 0.0674. The van der Waals surface area contributed by atoms with E-state index in [4.69, 9.17) is 4.98 Å². The van der Waals surface area contributed by atoms with Crippen LogP contribution in [0.5, 0.6) is 0 Å². The van der Waals surface area contributed by atoms with Gasteiger partial charge < -0.3 is 4.90 Å². The van der Waals surface area contributed by atoms with Crippen LogP contribution < -0.4 is 0 Å². The second-order valence-electron chi connectivity index (χ2n) is 6.32. The molecule has 3 aromatic rings. The number of thiazole rings is 1. The molecule has 5 nitrogen and oxygen atoms in total. The number of hydrogen-bond acceptors (Lipinski definition) is 5. The molecule has 0 bridgehead atoms. The van der Waals surface area contributed by atoms with Crippen LogP contribution >= 0.6 is 11.3 Å². The monoisotopic (exact) mass is 364 g/mol. The van der Waals surface area contributed by atoms with Crippen molar-refractivity contribution >= 4 is 17.2 Å². The maximum absolute atomic E-state index is 12.5. The van der Waals surface area contributed by atoms with Crippen molar-refractivity contribution in [3.8, 4) is 10.6 Å². The van der Waals surface area contributed by atoms with Gasteiger partial charge in [0.25, 0.3) is 5.91 Å². The van der Waals surface area contributed by atoms with Gasteiger partial charge in [0, 0.05) is 56.1 Å². The Hall–Kier alpha value is -2.57. The third-order valence-corrected chi connectivity index (χ3v) is 5.47. The number of amides is 1. The van der Waals surface area contributed by atoms with Gasteiger partial charge in [0.1, 0.15) is 5.01 Å². The summed E-state index contributed by atoms with van der Waals surface area (Å²) in [4.78, 5) is 25.5. The van der Waals surface area contributed by atoms with E-state index < -0.39 is 0 Å². The molecule has 1 fully saturated rings. The van der Waals surface area contributed by atoms with E-state index in [0.717, 1.165) is 49.0 Å². The van der Waals surface area contributed by atoms with E-state index >= 15 is 0 Å². The minimum Gasteiger partial charge on any atom is -0.336 e. The predicted octanol–water partition coefficient (Wildman–Crippen LogP) is 3.16. The predicted molar refractivity (Wildman–Crippen MR) is 103 cm³/mol. The Labute approximate surface area is 156 Å². The summed E-state index contributed by atoms with van der Waals surface area (Å²) in [6.07, 6.45) is 3.32. The molecule has 0 saturated carbocycles. The van der Waals surface area contributed by atoms with Crippen LogP contribution in [0.25, 0.3) is 10.6 Å². The van der Waals surface area contributed by atoms with E-state index in [1.54, 1.807) is 29.8 Å². The number of carbonyl (C=O) groups is 1. The molecule has 1 aliphatic rings. The highest BCUT2D eigenvalue weighted by Gasteiger charge is 2.22. The van der Waals surface area contributed by atoms with Crippen molar-refractivity contribution in [1.82, 2.24) is 19.8 Å². The highest BCUT2D eigenvalue weighted by molar-refractivity contribution is 7.13. The average Bonchev–Trinajstić information content (AvgIpc) is 3.18. The zero-order valence-corrected chi connectivity index (χ0v) is 15.2. The van der Waals surface area contributed by atoms with Gasteiger partial charge in [-0.1, -0.05) is 30.3 Å². The number of nitrogens with zero attached hydrogens (tertiary/aromatic N) is 4. The van der Waals surface area contributed by atoms with Gasteiger partial charge in [-0.05, 0) is 12.1 Å². The summed E-state index contributed by atoms with van der Waals surface area (Å²) in [5, 5.41) is 3.20. The zero-order valence-electron chi connectivity index (χ0n) is 14.4. The quantitative estimate of drug-likeness (QED) is 0.714. The second kappa shape index (κ2) is 7.76. The Kier molecular flexibility index (Phi) is 5.04. The number of carbonyl (C=O) groups excluding carboxylic acids is 1. The third kappa shape index (κ3) is 3.81. The van der Waals surface area contributed by atoms with E-state index in [9.17, 15) is 4.79 Å². The molecule has 6 heteroatoms. The summed E-state index contributed by atoms with van der Waals surface area (Å²) in [5.74, 6) is 0.0674. The van der Waals surface area contributed by atoms with Crippen LogP contribution in [-0.2, 0) is 6.54 Å². The van der Waals surface area contributed by atoms with Crippen LogP contribution in [0.2, 0.25) is 0 Å². The van der Waals surface area contributed by atoms with Crippen molar-refractivity contribution < 1.29 is 4.79 Å². The normalized spacial score (nSPS) is 15.2. The van der Waals surface area contributed by atoms with Gasteiger partial charge in [-0.15, -0.1) is 11.3 Å². The molecule has 0 atom stereocenters. The third-order valence-electron chi connectivity index (χ3n) is 4.53. The topological polar surface area (TPSA) is 49.3 Å². The molecule has 2 aromatic heterocycles. The van der Waals surface area contributed by atoms with Gasteiger partial charge in [-0.25, -0.2) is 4.98 Å². The largest absolute Gasteiger partial charge is 0.336 e. The summed E-state index contributed by atoms with van der Waals surface area (Å²) in [6, 6.07) is 13.9. The first kappa shape index (κ1) is 16.9. The Morgan fingerprint density at radius 3 is 2.58 bits per heavy atom. The molecule has 0 aliphatic carbocycles. The fourth-order valence-electron chi connectivity index (χ4n) is 3.10. The van der Waals surface area contributed by atoms with Gasteiger partial charge >= 0.3 is 0 Å². The van der Waals surface area contributed by atoms with Crippen molar-refractivity contribution in [2.75, 3.05) is 26.2 Å². The second-order valence-corrected chi connectivity index (χ2v) is 7.18. The first-order valence-electron chi connectivity index (χ1n) is 8.71. The summed E-state index contributed by atoms with van der Waals surface area (Å²) in [5.41, 5.74) is 2.92. The van der Waals surface area contributed by atoms with Gasteiger partial charge in [0.15, 0.2) is 0 Å². The summed E-state index contributed by atoms with van der Waals surface area (Å²) < 4.78 is 0. The molecule has 0 unspecified atom stereocenters. The molecule has 1 aliphatic heterocycles. The van der Waals surface area contributed by atoms with Gasteiger partial charge in [-0.2, -0.15) is 0 Å². The van der Waals surface area contributed by atoms with Crippen LogP contribution in [0.15, 0.2) is 60.2 Å². The van der Waals surface area contributed by atoms with Gasteiger partial charge in [0.2, 0.25) is 0 Å². The van der Waals surface area contributed by atoms with Crippen molar-refractivity contribution in [3.63, 3.8) is 0 Å². The van der Waals surface area contributed by atoms with Crippen LogP contribution in [0.3, 0.4) is 0 Å². The lowest BCUT2D eigenvalue weighted by Gasteiger charge is -2.34. The van der Waals surface area contributed by atoms with Crippen molar-refractivity contribution in [3.05, 3.63) is 71.5 Å². The van der Waals surface area contributed by atoms with Gasteiger partial charge in [-0.3, -0.25) is 14.7 Å². The molecule has 1 amide bonds.